The summed E-state index contributed by atoms with van der Waals surface area (Å²) in [5.41, 5.74) is 0.596. The van der Waals surface area contributed by atoms with Gasteiger partial charge in [0.05, 0.1) is 10.5 Å². The van der Waals surface area contributed by atoms with E-state index >= 15 is 0 Å². The van der Waals surface area contributed by atoms with Crippen molar-refractivity contribution in [3.63, 3.8) is 0 Å². The Kier molecular flexibility index (Phi) is 5.06. The molecule has 0 aliphatic carbocycles. The molecule has 3 aromatic rings. The lowest BCUT2D eigenvalue weighted by Crippen LogP contribution is -2.49. The molecule has 2 aliphatic heterocycles. The minimum Gasteiger partial charge on any atom is -0.311 e. The van der Waals surface area contributed by atoms with Crippen molar-refractivity contribution in [1.82, 2.24) is 8.87 Å². The van der Waals surface area contributed by atoms with E-state index in [2.05, 4.69) is 0 Å². The first-order chi connectivity index (χ1) is 15.1. The molecule has 1 saturated heterocycles. The Morgan fingerprint density at radius 3 is 2.53 bits per heavy atom. The minimum absolute atomic E-state index is 0.0851. The van der Waals surface area contributed by atoms with Crippen LogP contribution in [-0.4, -0.2) is 30.4 Å². The lowest BCUT2D eigenvalue weighted by molar-refractivity contribution is -0.137. The third kappa shape index (κ3) is 3.60. The summed E-state index contributed by atoms with van der Waals surface area (Å²) in [6.45, 7) is 0.680. The molecule has 5 nitrogen and oxygen atoms in total. The number of sulfonamides is 1. The van der Waals surface area contributed by atoms with Gasteiger partial charge in [-0.15, -0.1) is 11.3 Å². The fourth-order valence-electron chi connectivity index (χ4n) is 4.79. The third-order valence-electron chi connectivity index (χ3n) is 6.14. The molecule has 0 radical (unpaired) electrons. The zero-order chi connectivity index (χ0) is 22.7. The number of aromatic nitrogens is 1. The van der Waals surface area contributed by atoms with Crippen molar-refractivity contribution in [2.75, 3.05) is 13.1 Å². The highest BCUT2D eigenvalue weighted by atomic mass is 32.2. The zero-order valence-electron chi connectivity index (χ0n) is 16.7. The quantitative estimate of drug-likeness (QED) is 0.558. The van der Waals surface area contributed by atoms with Gasteiger partial charge in [-0.2, -0.15) is 17.5 Å². The fraction of sp³-hybridized carbons (Fsp3) is 0.318. The Morgan fingerprint density at radius 2 is 1.81 bits per heavy atom. The molecule has 0 unspecified atom stereocenters. The highest BCUT2D eigenvalue weighted by Crippen LogP contribution is 2.42. The van der Waals surface area contributed by atoms with Gasteiger partial charge in [-0.1, -0.05) is 12.1 Å². The topological polar surface area (TPSA) is 59.4 Å². The Labute approximate surface area is 186 Å². The monoisotopic (exact) mass is 480 g/mol. The van der Waals surface area contributed by atoms with Gasteiger partial charge in [-0.3, -0.25) is 4.79 Å². The van der Waals surface area contributed by atoms with Crippen LogP contribution in [0, 0.1) is 5.92 Å². The van der Waals surface area contributed by atoms with Crippen LogP contribution in [0.1, 0.15) is 23.6 Å². The molecular formula is C22H19F3N2O3S2. The van der Waals surface area contributed by atoms with Gasteiger partial charge in [0, 0.05) is 47.8 Å². The second-order valence-electron chi connectivity index (χ2n) is 8.20. The van der Waals surface area contributed by atoms with Crippen molar-refractivity contribution in [1.29, 1.82) is 0 Å². The summed E-state index contributed by atoms with van der Waals surface area (Å²) in [5.74, 6) is -0.299. The van der Waals surface area contributed by atoms with Crippen LogP contribution in [0.15, 0.2) is 63.6 Å². The Bertz CT molecular complexity index is 1330. The lowest BCUT2D eigenvalue weighted by atomic mass is 9.82. The van der Waals surface area contributed by atoms with Crippen LogP contribution in [0.5, 0.6) is 0 Å². The molecule has 32 heavy (non-hydrogen) atoms. The number of fused-ring (bicyclic) bond motifs is 4. The number of piperidine rings is 1. The number of thiophene rings is 1. The summed E-state index contributed by atoms with van der Waals surface area (Å²) >= 11 is 1.54. The molecule has 2 aliphatic rings. The second-order valence-corrected chi connectivity index (χ2v) is 11.1. The van der Waals surface area contributed by atoms with Gasteiger partial charge < -0.3 is 4.57 Å². The van der Waals surface area contributed by atoms with Crippen LogP contribution in [0.2, 0.25) is 0 Å². The highest BCUT2D eigenvalue weighted by Gasteiger charge is 2.41. The maximum Gasteiger partial charge on any atom is 0.416 e. The summed E-state index contributed by atoms with van der Waals surface area (Å²) in [7, 11) is -4.12. The van der Waals surface area contributed by atoms with E-state index < -0.39 is 21.8 Å². The lowest BCUT2D eigenvalue weighted by Gasteiger charge is -2.42. The van der Waals surface area contributed by atoms with Gasteiger partial charge in [0.25, 0.3) is 5.56 Å². The van der Waals surface area contributed by atoms with Crippen LogP contribution < -0.4 is 5.56 Å². The van der Waals surface area contributed by atoms with Crippen LogP contribution in [-0.2, 0) is 22.7 Å². The van der Waals surface area contributed by atoms with Gasteiger partial charge >= 0.3 is 6.18 Å². The maximum atomic E-state index is 13.3. The molecule has 2 bridgehead atoms. The number of pyridine rings is 1. The predicted molar refractivity (Wildman–Crippen MR) is 115 cm³/mol. The molecule has 10 heteroatoms. The normalized spacial score (nSPS) is 21.3. The van der Waals surface area contributed by atoms with Crippen molar-refractivity contribution in [3.05, 3.63) is 75.5 Å². The molecule has 0 spiro atoms. The highest BCUT2D eigenvalue weighted by molar-refractivity contribution is 7.89. The third-order valence-corrected chi connectivity index (χ3v) is 8.87. The van der Waals surface area contributed by atoms with Gasteiger partial charge in [-0.25, -0.2) is 8.42 Å². The summed E-state index contributed by atoms with van der Waals surface area (Å²) in [4.78, 5) is 13.2. The number of hydrogen-bond acceptors (Lipinski definition) is 4. The van der Waals surface area contributed by atoms with Crippen molar-refractivity contribution in [3.8, 4) is 10.4 Å². The average Bonchev–Trinajstić information content (AvgIpc) is 3.28. The Morgan fingerprint density at radius 1 is 1.00 bits per heavy atom. The van der Waals surface area contributed by atoms with E-state index in [1.807, 2.05) is 17.5 Å². The standard InChI is InChI=1S/C22H19F3N2O3S2/c23-22(24,25)16-3-1-4-17(10-16)32(29,30)26-11-14-9-15(13-26)21-18(19-5-2-8-31-19)6-7-20(28)27(21)12-14/h1-8,10,14-15H,9,11-13H2/t14-,15-/m1/s1. The van der Waals surface area contributed by atoms with E-state index in [1.165, 1.54) is 27.8 Å². The number of nitrogens with zero attached hydrogens (tertiary/aromatic N) is 2. The largest absolute Gasteiger partial charge is 0.416 e. The van der Waals surface area contributed by atoms with Crippen LogP contribution in [0.3, 0.4) is 0 Å². The van der Waals surface area contributed by atoms with Crippen LogP contribution in [0.4, 0.5) is 13.2 Å². The molecule has 2 atom stereocenters. The SMILES string of the molecule is O=c1ccc(-c2cccs2)c2n1C[C@@H]1C[C@@H]2CN(S(=O)(=O)c2cccc(C(F)(F)F)c2)C1. The van der Waals surface area contributed by atoms with Gasteiger partial charge in [0.2, 0.25) is 10.0 Å². The smallest absolute Gasteiger partial charge is 0.311 e. The minimum atomic E-state index is -4.63. The number of halogens is 3. The van der Waals surface area contributed by atoms with Gasteiger partial charge in [0.15, 0.2) is 0 Å². The Balaban J connectivity index is 1.54. The van der Waals surface area contributed by atoms with E-state index in [9.17, 15) is 26.4 Å². The van der Waals surface area contributed by atoms with E-state index in [-0.39, 0.29) is 35.4 Å². The zero-order valence-corrected chi connectivity index (χ0v) is 18.4. The Hall–Kier alpha value is -2.43. The van der Waals surface area contributed by atoms with E-state index in [1.54, 1.807) is 10.6 Å². The van der Waals surface area contributed by atoms with Crippen LogP contribution in [0.25, 0.3) is 10.4 Å². The second kappa shape index (κ2) is 7.57. The van der Waals surface area contributed by atoms with Crippen molar-refractivity contribution >= 4 is 21.4 Å². The van der Waals surface area contributed by atoms with E-state index in [0.29, 0.717) is 12.6 Å². The molecule has 5 rings (SSSR count). The average molecular weight is 481 g/mol. The van der Waals surface area contributed by atoms with Crippen LogP contribution >= 0.6 is 11.3 Å². The molecule has 2 aromatic heterocycles. The first kappa shape index (κ1) is 21.4. The maximum absolute atomic E-state index is 13.3. The number of hydrogen-bond donors (Lipinski definition) is 0. The first-order valence-corrected chi connectivity index (χ1v) is 12.4. The summed E-state index contributed by atoms with van der Waals surface area (Å²) < 4.78 is 69.0. The number of benzene rings is 1. The van der Waals surface area contributed by atoms with E-state index in [0.717, 1.165) is 34.7 Å². The number of rotatable bonds is 3. The summed E-state index contributed by atoms with van der Waals surface area (Å²) in [6.07, 6.45) is -3.89. The number of alkyl halides is 3. The van der Waals surface area contributed by atoms with E-state index in [4.69, 9.17) is 0 Å². The van der Waals surface area contributed by atoms with Crippen molar-refractivity contribution in [2.24, 2.45) is 5.92 Å². The summed E-state index contributed by atoms with van der Waals surface area (Å²) in [6, 6.07) is 11.1. The van der Waals surface area contributed by atoms with Crippen molar-refractivity contribution < 1.29 is 21.6 Å². The molecule has 0 saturated carbocycles. The molecule has 4 heterocycles. The fourth-order valence-corrected chi connectivity index (χ4v) is 7.16. The molecule has 1 fully saturated rings. The molecular weight excluding hydrogens is 461 g/mol. The molecule has 0 N–H and O–H groups in total. The predicted octanol–water partition coefficient (Wildman–Crippen LogP) is 4.40. The van der Waals surface area contributed by atoms with Gasteiger partial charge in [0.1, 0.15) is 0 Å². The summed E-state index contributed by atoms with van der Waals surface area (Å²) in [5, 5.41) is 1.94. The first-order valence-electron chi connectivity index (χ1n) is 10.1. The molecule has 0 amide bonds. The van der Waals surface area contributed by atoms with Gasteiger partial charge in [-0.05, 0) is 48.1 Å². The molecule has 168 valence electrons. The molecule has 1 aromatic carbocycles. The van der Waals surface area contributed by atoms with Crippen molar-refractivity contribution in [2.45, 2.75) is 30.0 Å².